The van der Waals surface area contributed by atoms with E-state index in [0.29, 0.717) is 36.6 Å². The summed E-state index contributed by atoms with van der Waals surface area (Å²) in [7, 11) is 5.63. The average Bonchev–Trinajstić information content (AvgIpc) is 2.93. The number of hydrogen-bond acceptors (Lipinski definition) is 7. The van der Waals surface area contributed by atoms with E-state index in [2.05, 4.69) is 4.98 Å². The van der Waals surface area contributed by atoms with Crippen molar-refractivity contribution in [1.29, 1.82) is 0 Å². The Morgan fingerprint density at radius 3 is 2.54 bits per heavy atom. The number of carbonyl (C=O) groups excluding carboxylic acids is 2. The molecule has 0 aliphatic carbocycles. The molecule has 1 aliphatic heterocycles. The zero-order chi connectivity index (χ0) is 28.5. The zero-order valence-electron chi connectivity index (χ0n) is 24.2. The number of fused-ring (bicyclic) bond motifs is 1. The van der Waals surface area contributed by atoms with Crippen LogP contribution >= 0.6 is 0 Å². The van der Waals surface area contributed by atoms with E-state index in [1.165, 1.54) is 0 Å². The lowest BCUT2D eigenvalue weighted by Crippen LogP contribution is -2.48. The molecule has 2 heterocycles. The third-order valence-corrected chi connectivity index (χ3v) is 7.28. The SMILES string of the molecule is C[C@@H]1CN([C@H](C)CO)C(=O)c2cc(N(C)C)ccc2O[C@@H](C)CCCCO[C@@H]1CN(C)C(=O)c1ccncc1. The highest BCUT2D eigenvalue weighted by Gasteiger charge is 2.31. The Balaban J connectivity index is 1.93. The minimum Gasteiger partial charge on any atom is -0.490 e. The van der Waals surface area contributed by atoms with E-state index in [-0.39, 0.29) is 36.5 Å². The lowest BCUT2D eigenvalue weighted by atomic mass is 10.0. The number of rotatable bonds is 6. The number of carbonyl (C=O) groups is 2. The molecule has 2 aromatic rings. The monoisotopic (exact) mass is 540 g/mol. The Morgan fingerprint density at radius 2 is 1.87 bits per heavy atom. The summed E-state index contributed by atoms with van der Waals surface area (Å²) in [5.41, 5.74) is 1.93. The highest BCUT2D eigenvalue weighted by atomic mass is 16.5. The molecule has 3 rings (SSSR count). The average molecular weight is 541 g/mol. The maximum atomic E-state index is 14.1. The molecule has 1 aliphatic rings. The second kappa shape index (κ2) is 14.3. The van der Waals surface area contributed by atoms with Crippen LogP contribution in [0, 0.1) is 5.92 Å². The number of pyridine rings is 1. The topological polar surface area (TPSA) is 95.4 Å². The first kappa shape index (κ1) is 30.4. The molecular formula is C30H44N4O5. The van der Waals surface area contributed by atoms with Gasteiger partial charge in [-0.15, -0.1) is 0 Å². The van der Waals surface area contributed by atoms with Crippen LogP contribution in [0.25, 0.3) is 0 Å². The molecule has 0 radical (unpaired) electrons. The Labute approximate surface area is 232 Å². The number of aliphatic hydroxyl groups is 1. The summed E-state index contributed by atoms with van der Waals surface area (Å²) >= 11 is 0. The Kier molecular flexibility index (Phi) is 11.1. The van der Waals surface area contributed by atoms with Gasteiger partial charge in [0.2, 0.25) is 0 Å². The van der Waals surface area contributed by atoms with Gasteiger partial charge >= 0.3 is 0 Å². The normalized spacial score (nSPS) is 21.8. The van der Waals surface area contributed by atoms with Gasteiger partial charge in [-0.3, -0.25) is 14.6 Å². The molecule has 0 bridgehead atoms. The number of amides is 2. The number of benzene rings is 1. The molecule has 1 N–H and O–H groups in total. The molecule has 9 heteroatoms. The van der Waals surface area contributed by atoms with Gasteiger partial charge in [0.25, 0.3) is 11.8 Å². The number of ether oxygens (including phenoxy) is 2. The molecule has 1 aromatic heterocycles. The van der Waals surface area contributed by atoms with Crippen LogP contribution in [0.1, 0.15) is 60.7 Å². The number of hydrogen-bond donors (Lipinski definition) is 1. The van der Waals surface area contributed by atoms with Gasteiger partial charge in [-0.25, -0.2) is 0 Å². The van der Waals surface area contributed by atoms with Crippen molar-refractivity contribution in [2.24, 2.45) is 5.92 Å². The van der Waals surface area contributed by atoms with Crippen LogP contribution < -0.4 is 9.64 Å². The number of aromatic nitrogens is 1. The molecule has 0 saturated heterocycles. The molecule has 2 amide bonds. The Hall–Kier alpha value is -3.17. The van der Waals surface area contributed by atoms with Gasteiger partial charge in [-0.1, -0.05) is 6.92 Å². The molecule has 9 nitrogen and oxygen atoms in total. The predicted octanol–water partition coefficient (Wildman–Crippen LogP) is 3.72. The van der Waals surface area contributed by atoms with Gasteiger partial charge in [0.05, 0.1) is 30.4 Å². The number of nitrogens with zero attached hydrogens (tertiary/aromatic N) is 4. The van der Waals surface area contributed by atoms with E-state index in [1.807, 2.05) is 58.0 Å². The van der Waals surface area contributed by atoms with Crippen LogP contribution in [0.4, 0.5) is 5.69 Å². The molecule has 1 aromatic carbocycles. The van der Waals surface area contributed by atoms with E-state index >= 15 is 0 Å². The molecule has 0 saturated carbocycles. The smallest absolute Gasteiger partial charge is 0.258 e. The molecule has 4 atom stereocenters. The van der Waals surface area contributed by atoms with E-state index in [0.717, 1.165) is 24.9 Å². The number of anilines is 1. The van der Waals surface area contributed by atoms with Gasteiger partial charge in [0, 0.05) is 70.4 Å². The number of likely N-dealkylation sites (N-methyl/N-ethyl adjacent to an activating group) is 1. The van der Waals surface area contributed by atoms with Crippen molar-refractivity contribution < 1.29 is 24.2 Å². The van der Waals surface area contributed by atoms with Crippen LogP contribution in [0.2, 0.25) is 0 Å². The van der Waals surface area contributed by atoms with Gasteiger partial charge in [-0.05, 0) is 63.4 Å². The van der Waals surface area contributed by atoms with Crippen molar-refractivity contribution in [3.8, 4) is 5.75 Å². The third kappa shape index (κ3) is 8.16. The quantitative estimate of drug-likeness (QED) is 0.597. The van der Waals surface area contributed by atoms with Crippen molar-refractivity contribution in [1.82, 2.24) is 14.8 Å². The van der Waals surface area contributed by atoms with Crippen LogP contribution in [0.3, 0.4) is 0 Å². The van der Waals surface area contributed by atoms with Gasteiger partial charge in [0.1, 0.15) is 5.75 Å². The fourth-order valence-electron chi connectivity index (χ4n) is 4.72. The lowest BCUT2D eigenvalue weighted by Gasteiger charge is -2.36. The Morgan fingerprint density at radius 1 is 1.15 bits per heavy atom. The van der Waals surface area contributed by atoms with Gasteiger partial charge in [-0.2, -0.15) is 0 Å². The summed E-state index contributed by atoms with van der Waals surface area (Å²) in [6.45, 7) is 6.97. The summed E-state index contributed by atoms with van der Waals surface area (Å²) in [6, 6.07) is 8.64. The summed E-state index contributed by atoms with van der Waals surface area (Å²) in [4.78, 5) is 36.4. The largest absolute Gasteiger partial charge is 0.490 e. The molecule has 0 spiro atoms. The van der Waals surface area contributed by atoms with Gasteiger partial charge in [0.15, 0.2) is 0 Å². The second-order valence-electron chi connectivity index (χ2n) is 10.8. The highest BCUT2D eigenvalue weighted by molar-refractivity contribution is 5.98. The molecule has 0 unspecified atom stereocenters. The maximum absolute atomic E-state index is 14.1. The molecule has 39 heavy (non-hydrogen) atoms. The summed E-state index contributed by atoms with van der Waals surface area (Å²) < 4.78 is 12.6. The van der Waals surface area contributed by atoms with E-state index in [4.69, 9.17) is 9.47 Å². The van der Waals surface area contributed by atoms with Crippen molar-refractivity contribution in [2.45, 2.75) is 58.3 Å². The summed E-state index contributed by atoms with van der Waals surface area (Å²) in [5, 5.41) is 10.1. The van der Waals surface area contributed by atoms with Crippen molar-refractivity contribution in [3.05, 3.63) is 53.9 Å². The number of aliphatic hydroxyl groups excluding tert-OH is 1. The molecule has 214 valence electrons. The van der Waals surface area contributed by atoms with Crippen LogP contribution in [0.5, 0.6) is 5.75 Å². The fraction of sp³-hybridized carbons (Fsp3) is 0.567. The first-order chi connectivity index (χ1) is 18.6. The van der Waals surface area contributed by atoms with Crippen LogP contribution in [-0.4, -0.2) is 97.4 Å². The zero-order valence-corrected chi connectivity index (χ0v) is 24.2. The first-order valence-electron chi connectivity index (χ1n) is 13.8. The Bertz CT molecular complexity index is 1080. The second-order valence-corrected chi connectivity index (χ2v) is 10.8. The molecule has 0 fully saturated rings. The standard InChI is InChI=1S/C30H44N4O5/c1-21-18-34(22(2)20-35)30(37)26-17-25(32(4)5)10-11-27(26)39-23(3)9-7-8-16-38-28(21)19-33(6)29(36)24-12-14-31-15-13-24/h10-15,17,21-23,28,35H,7-9,16,18-20H2,1-6H3/t21-,22-,23+,28-/m1/s1. The first-order valence-corrected chi connectivity index (χ1v) is 13.8. The lowest BCUT2D eigenvalue weighted by molar-refractivity contribution is -0.0149. The van der Waals surface area contributed by atoms with Crippen molar-refractivity contribution >= 4 is 17.5 Å². The third-order valence-electron chi connectivity index (χ3n) is 7.28. The van der Waals surface area contributed by atoms with E-state index in [9.17, 15) is 14.7 Å². The van der Waals surface area contributed by atoms with Crippen LogP contribution in [-0.2, 0) is 4.74 Å². The predicted molar refractivity (Wildman–Crippen MR) is 152 cm³/mol. The fourth-order valence-corrected chi connectivity index (χ4v) is 4.72. The minimum atomic E-state index is -0.419. The summed E-state index contributed by atoms with van der Waals surface area (Å²) in [5.74, 6) is 0.124. The minimum absolute atomic E-state index is 0.0766. The maximum Gasteiger partial charge on any atom is 0.258 e. The van der Waals surface area contributed by atoms with Gasteiger partial charge < -0.3 is 29.3 Å². The van der Waals surface area contributed by atoms with E-state index in [1.54, 1.807) is 41.4 Å². The van der Waals surface area contributed by atoms with Crippen LogP contribution in [0.15, 0.2) is 42.7 Å². The highest BCUT2D eigenvalue weighted by Crippen LogP contribution is 2.29. The molecular weight excluding hydrogens is 496 g/mol. The van der Waals surface area contributed by atoms with Crippen molar-refractivity contribution in [3.63, 3.8) is 0 Å². The van der Waals surface area contributed by atoms with Crippen molar-refractivity contribution in [2.75, 3.05) is 52.3 Å². The summed E-state index contributed by atoms with van der Waals surface area (Å²) in [6.07, 6.45) is 5.43. The van der Waals surface area contributed by atoms with E-state index < -0.39 is 6.04 Å².